The van der Waals surface area contributed by atoms with E-state index >= 15 is 0 Å². The molecule has 4 rings (SSSR count). The second kappa shape index (κ2) is 11.9. The lowest BCUT2D eigenvalue weighted by Crippen LogP contribution is -2.42. The summed E-state index contributed by atoms with van der Waals surface area (Å²) in [6.07, 6.45) is 0. The summed E-state index contributed by atoms with van der Waals surface area (Å²) >= 11 is 0. The second-order valence-corrected chi connectivity index (χ2v) is 10.6. The molecule has 0 fully saturated rings. The molecule has 0 aliphatic rings. The van der Waals surface area contributed by atoms with Crippen molar-refractivity contribution in [2.75, 3.05) is 17.5 Å². The fraction of sp³-hybridized carbons (Fsp3) is 0.167. The third-order valence-electron chi connectivity index (χ3n) is 5.94. The van der Waals surface area contributed by atoms with Crippen molar-refractivity contribution in [3.8, 4) is 5.75 Å². The van der Waals surface area contributed by atoms with Crippen LogP contribution in [0.5, 0.6) is 5.75 Å². The molecule has 0 aliphatic heterocycles. The Balaban J connectivity index is 1.68. The minimum Gasteiger partial charge on any atom is -0.494 e. The van der Waals surface area contributed by atoms with Crippen molar-refractivity contribution >= 4 is 21.6 Å². The Morgan fingerprint density at radius 3 is 2.18 bits per heavy atom. The average Bonchev–Trinajstić information content (AvgIpc) is 2.92. The van der Waals surface area contributed by atoms with Crippen molar-refractivity contribution < 1.29 is 22.3 Å². The van der Waals surface area contributed by atoms with E-state index in [1.165, 1.54) is 12.1 Å². The van der Waals surface area contributed by atoms with Crippen LogP contribution in [-0.4, -0.2) is 27.5 Å². The van der Waals surface area contributed by atoms with Gasteiger partial charge in [0.1, 0.15) is 18.1 Å². The van der Waals surface area contributed by atoms with Crippen LogP contribution in [0.1, 0.15) is 29.7 Å². The van der Waals surface area contributed by atoms with Crippen molar-refractivity contribution in [1.29, 1.82) is 0 Å². The number of benzene rings is 4. The molecular weight excluding hydrogens is 503 g/mol. The van der Waals surface area contributed by atoms with Gasteiger partial charge in [-0.25, -0.2) is 12.8 Å². The quantitative estimate of drug-likeness (QED) is 0.287. The molecule has 4 aromatic rings. The Kier molecular flexibility index (Phi) is 8.43. The predicted octanol–water partition coefficient (Wildman–Crippen LogP) is 5.63. The summed E-state index contributed by atoms with van der Waals surface area (Å²) < 4.78 is 47.3. The number of amides is 1. The fourth-order valence-electron chi connectivity index (χ4n) is 4.12. The molecule has 0 aromatic heterocycles. The number of hydrogen-bond acceptors (Lipinski definition) is 4. The number of anilines is 1. The molecule has 38 heavy (non-hydrogen) atoms. The van der Waals surface area contributed by atoms with Crippen molar-refractivity contribution in [2.24, 2.45) is 0 Å². The van der Waals surface area contributed by atoms with Crippen LogP contribution >= 0.6 is 0 Å². The number of ether oxygens (including phenoxy) is 1. The molecule has 1 amide bonds. The molecular formula is C30H29FN2O4S. The average molecular weight is 533 g/mol. The first-order valence-electron chi connectivity index (χ1n) is 12.2. The van der Waals surface area contributed by atoms with Gasteiger partial charge in [0.05, 0.1) is 23.2 Å². The standard InChI is InChI=1S/C30H29FN2O4S/c1-3-37-27-16-14-26(15-17-27)33(38(35,36)28-18-12-25(31)13-19-28)21-29(34)32-30(23-9-5-4-6-10-23)24-11-7-8-22(2)20-24/h4-20,30H,3,21H2,1-2H3,(H,32,34). The van der Waals surface area contributed by atoms with E-state index in [-0.39, 0.29) is 10.6 Å². The number of aryl methyl sites for hydroxylation is 1. The van der Waals surface area contributed by atoms with Gasteiger partial charge in [0.2, 0.25) is 5.91 Å². The summed E-state index contributed by atoms with van der Waals surface area (Å²) in [5, 5.41) is 3.01. The number of hydrogen-bond donors (Lipinski definition) is 1. The highest BCUT2D eigenvalue weighted by Gasteiger charge is 2.28. The lowest BCUT2D eigenvalue weighted by molar-refractivity contribution is -0.120. The minimum absolute atomic E-state index is 0.126. The lowest BCUT2D eigenvalue weighted by Gasteiger charge is -2.26. The maximum Gasteiger partial charge on any atom is 0.264 e. The van der Waals surface area contributed by atoms with E-state index < -0.39 is 34.3 Å². The van der Waals surface area contributed by atoms with Crippen LogP contribution in [0, 0.1) is 12.7 Å². The van der Waals surface area contributed by atoms with Crippen LogP contribution in [-0.2, 0) is 14.8 Å². The van der Waals surface area contributed by atoms with Crippen molar-refractivity contribution in [1.82, 2.24) is 5.32 Å². The number of halogens is 1. The zero-order chi connectivity index (χ0) is 27.1. The smallest absolute Gasteiger partial charge is 0.264 e. The van der Waals surface area contributed by atoms with Crippen molar-refractivity contribution in [3.63, 3.8) is 0 Å². The lowest BCUT2D eigenvalue weighted by atomic mass is 9.97. The van der Waals surface area contributed by atoms with Crippen LogP contribution in [0.4, 0.5) is 10.1 Å². The van der Waals surface area contributed by atoms with Gasteiger partial charge >= 0.3 is 0 Å². The normalized spacial score (nSPS) is 12.0. The highest BCUT2D eigenvalue weighted by Crippen LogP contribution is 2.27. The van der Waals surface area contributed by atoms with E-state index in [0.717, 1.165) is 33.1 Å². The number of nitrogens with zero attached hydrogens (tertiary/aromatic N) is 1. The summed E-state index contributed by atoms with van der Waals surface area (Å²) in [6, 6.07) is 27.7. The van der Waals surface area contributed by atoms with E-state index in [1.807, 2.05) is 68.4 Å². The Hall–Kier alpha value is -4.17. The van der Waals surface area contributed by atoms with Gasteiger partial charge in [-0.05, 0) is 73.5 Å². The molecule has 0 heterocycles. The zero-order valence-corrected chi connectivity index (χ0v) is 22.0. The first-order valence-corrected chi connectivity index (χ1v) is 13.6. The summed E-state index contributed by atoms with van der Waals surface area (Å²) in [5.41, 5.74) is 3.05. The zero-order valence-electron chi connectivity index (χ0n) is 21.2. The van der Waals surface area contributed by atoms with Gasteiger partial charge < -0.3 is 10.1 Å². The highest BCUT2D eigenvalue weighted by molar-refractivity contribution is 7.92. The maximum absolute atomic E-state index is 13.7. The molecule has 1 atom stereocenters. The molecule has 0 saturated heterocycles. The minimum atomic E-state index is -4.20. The number of rotatable bonds is 10. The molecule has 196 valence electrons. The third kappa shape index (κ3) is 6.39. The predicted molar refractivity (Wildman–Crippen MR) is 146 cm³/mol. The van der Waals surface area contributed by atoms with Gasteiger partial charge in [-0.15, -0.1) is 0 Å². The van der Waals surface area contributed by atoms with Gasteiger partial charge in [-0.3, -0.25) is 9.10 Å². The van der Waals surface area contributed by atoms with Crippen LogP contribution in [0.2, 0.25) is 0 Å². The topological polar surface area (TPSA) is 75.7 Å². The molecule has 4 aromatic carbocycles. The van der Waals surface area contributed by atoms with Gasteiger partial charge in [0.25, 0.3) is 10.0 Å². The van der Waals surface area contributed by atoms with Gasteiger partial charge in [-0.2, -0.15) is 0 Å². The molecule has 0 saturated carbocycles. The second-order valence-electron chi connectivity index (χ2n) is 8.72. The molecule has 0 aliphatic carbocycles. The summed E-state index contributed by atoms with van der Waals surface area (Å²) in [5.74, 6) is -0.485. The summed E-state index contributed by atoms with van der Waals surface area (Å²) in [6.45, 7) is 3.79. The summed E-state index contributed by atoms with van der Waals surface area (Å²) in [7, 11) is -4.20. The number of nitrogens with one attached hydrogen (secondary N) is 1. The Labute approximate surface area is 222 Å². The molecule has 1 N–H and O–H groups in total. The SMILES string of the molecule is CCOc1ccc(N(CC(=O)NC(c2ccccc2)c2cccc(C)c2)S(=O)(=O)c2ccc(F)cc2)cc1. The number of carbonyl (C=O) groups excluding carboxylic acids is 1. The summed E-state index contributed by atoms with van der Waals surface area (Å²) in [4.78, 5) is 13.3. The van der Waals surface area contributed by atoms with E-state index in [4.69, 9.17) is 4.74 Å². The monoisotopic (exact) mass is 532 g/mol. The van der Waals surface area contributed by atoms with E-state index in [1.54, 1.807) is 24.3 Å². The van der Waals surface area contributed by atoms with Crippen LogP contribution in [0.15, 0.2) is 108 Å². The van der Waals surface area contributed by atoms with E-state index in [9.17, 15) is 17.6 Å². The fourth-order valence-corrected chi connectivity index (χ4v) is 5.54. The molecule has 1 unspecified atom stereocenters. The molecule has 0 bridgehead atoms. The van der Waals surface area contributed by atoms with Crippen LogP contribution in [0.25, 0.3) is 0 Å². The number of sulfonamides is 1. The third-order valence-corrected chi connectivity index (χ3v) is 7.73. The van der Waals surface area contributed by atoms with Crippen molar-refractivity contribution in [2.45, 2.75) is 24.8 Å². The van der Waals surface area contributed by atoms with Gasteiger partial charge in [0, 0.05) is 0 Å². The number of carbonyl (C=O) groups is 1. The maximum atomic E-state index is 13.7. The molecule has 0 radical (unpaired) electrons. The first-order chi connectivity index (χ1) is 18.3. The van der Waals surface area contributed by atoms with Gasteiger partial charge in [-0.1, -0.05) is 60.2 Å². The Bertz CT molecular complexity index is 1480. The van der Waals surface area contributed by atoms with E-state index in [0.29, 0.717) is 12.4 Å². The van der Waals surface area contributed by atoms with Crippen molar-refractivity contribution in [3.05, 3.63) is 126 Å². The largest absolute Gasteiger partial charge is 0.494 e. The molecule has 0 spiro atoms. The Morgan fingerprint density at radius 2 is 1.55 bits per heavy atom. The van der Waals surface area contributed by atoms with Crippen LogP contribution < -0.4 is 14.4 Å². The molecule has 8 heteroatoms. The molecule has 6 nitrogen and oxygen atoms in total. The van der Waals surface area contributed by atoms with Crippen LogP contribution in [0.3, 0.4) is 0 Å². The van der Waals surface area contributed by atoms with E-state index in [2.05, 4.69) is 5.32 Å². The highest BCUT2D eigenvalue weighted by atomic mass is 32.2. The Morgan fingerprint density at radius 1 is 0.895 bits per heavy atom. The first kappa shape index (κ1) is 26.9. The van der Waals surface area contributed by atoms with Gasteiger partial charge in [0.15, 0.2) is 0 Å².